The van der Waals surface area contributed by atoms with Gasteiger partial charge in [-0.15, -0.1) is 11.3 Å². The van der Waals surface area contributed by atoms with Gasteiger partial charge < -0.3 is 0 Å². The molecule has 0 spiro atoms. The van der Waals surface area contributed by atoms with Crippen LogP contribution in [0.5, 0.6) is 0 Å². The van der Waals surface area contributed by atoms with E-state index in [2.05, 4.69) is 180 Å². The number of hydrogen-bond acceptors (Lipinski definition) is 3. The van der Waals surface area contributed by atoms with Gasteiger partial charge in [0.05, 0.1) is 26.9 Å². The van der Waals surface area contributed by atoms with Crippen LogP contribution in [-0.2, 0) is 0 Å². The van der Waals surface area contributed by atoms with Crippen LogP contribution in [0.3, 0.4) is 0 Å². The highest BCUT2D eigenvalue weighted by atomic mass is 32.1. The van der Waals surface area contributed by atoms with Crippen LogP contribution in [0.25, 0.3) is 124 Å². The number of thiophene rings is 1. The van der Waals surface area contributed by atoms with Crippen molar-refractivity contribution in [1.29, 1.82) is 0 Å². The Labute approximate surface area is 324 Å². The summed E-state index contributed by atoms with van der Waals surface area (Å²) in [4.78, 5) is 11.3. The van der Waals surface area contributed by atoms with E-state index in [1.54, 1.807) is 0 Å². The van der Waals surface area contributed by atoms with Crippen LogP contribution >= 0.6 is 11.3 Å². The summed E-state index contributed by atoms with van der Waals surface area (Å²) in [5.74, 6) is 0.672. The fourth-order valence-corrected chi connectivity index (χ4v) is 10.9. The lowest BCUT2D eigenvalue weighted by molar-refractivity contribution is 1.02. The van der Waals surface area contributed by atoms with E-state index in [0.29, 0.717) is 5.95 Å². The van der Waals surface area contributed by atoms with Gasteiger partial charge in [-0.25, -0.2) is 9.97 Å². The van der Waals surface area contributed by atoms with Gasteiger partial charge in [-0.2, -0.15) is 0 Å². The van der Waals surface area contributed by atoms with Gasteiger partial charge in [-0.3, -0.25) is 4.57 Å². The number of hydrogen-bond donors (Lipinski definition) is 0. The first-order valence-corrected chi connectivity index (χ1v) is 19.9. The average molecular weight is 728 g/mol. The second kappa shape index (κ2) is 11.2. The quantitative estimate of drug-likeness (QED) is 0.166. The molecule has 4 heteroatoms. The molecular weight excluding hydrogens is 699 g/mol. The van der Waals surface area contributed by atoms with Gasteiger partial charge in [0.25, 0.3) is 0 Å². The first kappa shape index (κ1) is 30.2. The van der Waals surface area contributed by atoms with Crippen LogP contribution in [0.2, 0.25) is 0 Å². The molecule has 258 valence electrons. The van der Waals surface area contributed by atoms with Crippen LogP contribution in [0.15, 0.2) is 176 Å². The predicted octanol–water partition coefficient (Wildman–Crippen LogP) is 14.5. The standard InChI is InChI=1S/C52H29N3S/c1-2-15-31(16-3-1)48-46-32-17-5-4-14-30(32)26-29-42(46)53-52(54-48)55-49-41(28-27-40-35-20-12-13-25-43(35)56-51(40)49)45-39-24-11-10-23-38(39)44-36-21-8-6-18-33(36)34-19-7-9-22-37(34)47(44)50(45)55/h1-29H. The Hall–Kier alpha value is -7.14. The highest BCUT2D eigenvalue weighted by molar-refractivity contribution is 7.26. The van der Waals surface area contributed by atoms with Crippen LogP contribution in [0, 0.1) is 0 Å². The zero-order chi connectivity index (χ0) is 36.5. The van der Waals surface area contributed by atoms with E-state index in [9.17, 15) is 0 Å². The molecule has 0 aliphatic rings. The minimum Gasteiger partial charge on any atom is -0.276 e. The molecule has 0 bridgehead atoms. The molecule has 10 aromatic carbocycles. The summed E-state index contributed by atoms with van der Waals surface area (Å²) in [6, 6.07) is 63.9. The maximum atomic E-state index is 5.71. The zero-order valence-corrected chi connectivity index (χ0v) is 30.8. The van der Waals surface area contributed by atoms with Crippen molar-refractivity contribution in [3.63, 3.8) is 0 Å². The molecule has 3 aromatic heterocycles. The molecule has 0 fully saturated rings. The van der Waals surface area contributed by atoms with Crippen molar-refractivity contribution in [2.75, 3.05) is 0 Å². The van der Waals surface area contributed by atoms with E-state index in [0.717, 1.165) is 38.6 Å². The molecule has 0 aliphatic heterocycles. The smallest absolute Gasteiger partial charge is 0.235 e. The van der Waals surface area contributed by atoms with Crippen molar-refractivity contribution >= 4 is 118 Å². The topological polar surface area (TPSA) is 30.7 Å². The van der Waals surface area contributed by atoms with Crippen LogP contribution < -0.4 is 0 Å². The predicted molar refractivity (Wildman–Crippen MR) is 240 cm³/mol. The van der Waals surface area contributed by atoms with Crippen molar-refractivity contribution in [3.05, 3.63) is 176 Å². The molecular formula is C52H29N3S. The zero-order valence-electron chi connectivity index (χ0n) is 30.0. The summed E-state index contributed by atoms with van der Waals surface area (Å²) in [6.45, 7) is 0. The molecule has 0 aliphatic carbocycles. The molecule has 0 saturated heterocycles. The number of rotatable bonds is 2. The SMILES string of the molecule is c1ccc(-c2nc(-n3c4c(ccc5c6ccccc6sc54)c4c5ccccc5c5c6ccccc6c6ccccc6c5c43)nc3ccc4ccccc4c23)cc1. The lowest BCUT2D eigenvalue weighted by atomic mass is 9.89. The van der Waals surface area contributed by atoms with Gasteiger partial charge in [0.2, 0.25) is 5.95 Å². The van der Waals surface area contributed by atoms with Crippen molar-refractivity contribution < 1.29 is 0 Å². The van der Waals surface area contributed by atoms with Crippen molar-refractivity contribution in [2.24, 2.45) is 0 Å². The molecule has 3 nitrogen and oxygen atoms in total. The van der Waals surface area contributed by atoms with Gasteiger partial charge in [-0.1, -0.05) is 164 Å². The molecule has 13 aromatic rings. The Morgan fingerprint density at radius 3 is 1.68 bits per heavy atom. The van der Waals surface area contributed by atoms with E-state index >= 15 is 0 Å². The molecule has 0 saturated carbocycles. The summed E-state index contributed by atoms with van der Waals surface area (Å²) >= 11 is 1.86. The summed E-state index contributed by atoms with van der Waals surface area (Å²) in [5, 5.41) is 18.3. The largest absolute Gasteiger partial charge is 0.276 e. The van der Waals surface area contributed by atoms with Gasteiger partial charge in [0.1, 0.15) is 0 Å². The number of nitrogens with zero attached hydrogens (tertiary/aromatic N) is 3. The van der Waals surface area contributed by atoms with E-state index in [-0.39, 0.29) is 0 Å². The van der Waals surface area contributed by atoms with E-state index in [1.165, 1.54) is 79.4 Å². The molecule has 13 rings (SSSR count). The Balaban J connectivity index is 1.35. The lowest BCUT2D eigenvalue weighted by Crippen LogP contribution is -2.04. The highest BCUT2D eigenvalue weighted by Gasteiger charge is 2.26. The number of fused-ring (bicyclic) bond motifs is 20. The van der Waals surface area contributed by atoms with Crippen molar-refractivity contribution in [1.82, 2.24) is 14.5 Å². The average Bonchev–Trinajstić information content (AvgIpc) is 3.83. The van der Waals surface area contributed by atoms with Crippen molar-refractivity contribution in [2.45, 2.75) is 0 Å². The summed E-state index contributed by atoms with van der Waals surface area (Å²) in [6.07, 6.45) is 0. The third kappa shape index (κ3) is 3.95. The first-order valence-electron chi connectivity index (χ1n) is 19.1. The van der Waals surface area contributed by atoms with Crippen LogP contribution in [0.1, 0.15) is 0 Å². The van der Waals surface area contributed by atoms with Gasteiger partial charge in [0, 0.05) is 48.0 Å². The van der Waals surface area contributed by atoms with Gasteiger partial charge in [0.15, 0.2) is 0 Å². The summed E-state index contributed by atoms with van der Waals surface area (Å²) in [5.41, 5.74) is 5.21. The summed E-state index contributed by atoms with van der Waals surface area (Å²) in [7, 11) is 0. The van der Waals surface area contributed by atoms with E-state index < -0.39 is 0 Å². The van der Waals surface area contributed by atoms with E-state index in [4.69, 9.17) is 9.97 Å². The molecule has 56 heavy (non-hydrogen) atoms. The molecule has 3 heterocycles. The minimum atomic E-state index is 0.672. The second-order valence-electron chi connectivity index (χ2n) is 14.8. The van der Waals surface area contributed by atoms with Gasteiger partial charge in [-0.05, 0) is 55.2 Å². The Morgan fingerprint density at radius 1 is 0.357 bits per heavy atom. The highest BCUT2D eigenvalue weighted by Crippen LogP contribution is 2.50. The third-order valence-electron chi connectivity index (χ3n) is 11.9. The van der Waals surface area contributed by atoms with Crippen LogP contribution in [-0.4, -0.2) is 14.5 Å². The van der Waals surface area contributed by atoms with Crippen LogP contribution in [0.4, 0.5) is 0 Å². The maximum absolute atomic E-state index is 5.71. The molecule has 0 unspecified atom stereocenters. The molecule has 0 amide bonds. The number of aromatic nitrogens is 3. The Kier molecular flexibility index (Phi) is 6.04. The number of benzene rings is 10. The molecule has 0 atom stereocenters. The lowest BCUT2D eigenvalue weighted by Gasteiger charge is -2.17. The van der Waals surface area contributed by atoms with Gasteiger partial charge >= 0.3 is 0 Å². The van der Waals surface area contributed by atoms with E-state index in [1.807, 2.05) is 11.3 Å². The second-order valence-corrected chi connectivity index (χ2v) is 15.9. The Morgan fingerprint density at radius 2 is 0.929 bits per heavy atom. The fraction of sp³-hybridized carbons (Fsp3) is 0. The normalized spacial score (nSPS) is 12.3. The monoisotopic (exact) mass is 727 g/mol. The summed E-state index contributed by atoms with van der Waals surface area (Å²) < 4.78 is 4.94. The first-order chi connectivity index (χ1) is 27.8. The fourth-order valence-electron chi connectivity index (χ4n) is 9.64. The molecule has 0 N–H and O–H groups in total. The maximum Gasteiger partial charge on any atom is 0.235 e. The van der Waals surface area contributed by atoms with Crippen molar-refractivity contribution in [3.8, 4) is 17.2 Å². The third-order valence-corrected chi connectivity index (χ3v) is 13.1. The Bertz CT molecular complexity index is 3820. The molecule has 0 radical (unpaired) electrons. The minimum absolute atomic E-state index is 0.672.